The molecule has 2 aromatic rings. The Balaban J connectivity index is 2.54. The minimum Gasteiger partial charge on any atom is -0.283 e. The number of para-hydroxylation sites is 1. The molecule has 0 atom stereocenters. The van der Waals surface area contributed by atoms with E-state index >= 15 is 0 Å². The van der Waals surface area contributed by atoms with Crippen molar-refractivity contribution in [2.75, 3.05) is 0 Å². The second-order valence-electron chi connectivity index (χ2n) is 2.70. The molecule has 1 aromatic heterocycles. The fourth-order valence-electron chi connectivity index (χ4n) is 1.20. The maximum atomic E-state index is 5.74. The second kappa shape index (κ2) is 4.11. The van der Waals surface area contributed by atoms with Gasteiger partial charge in [-0.1, -0.05) is 12.1 Å². The van der Waals surface area contributed by atoms with Gasteiger partial charge in [0, 0.05) is 4.47 Å². The number of benzene rings is 1. The molecule has 72 valence electrons. The van der Waals surface area contributed by atoms with E-state index in [0.29, 0.717) is 5.88 Å². The van der Waals surface area contributed by atoms with Gasteiger partial charge >= 0.3 is 0 Å². The lowest BCUT2D eigenvalue weighted by atomic mass is 10.3. The highest BCUT2D eigenvalue weighted by molar-refractivity contribution is 9.10. The van der Waals surface area contributed by atoms with Crippen LogP contribution >= 0.6 is 27.5 Å². The summed E-state index contributed by atoms with van der Waals surface area (Å²) in [5.74, 6) is 1.08. The molecule has 0 unspecified atom stereocenters. The normalized spacial score (nSPS) is 10.4. The van der Waals surface area contributed by atoms with Crippen LogP contribution in [0.15, 0.2) is 35.1 Å². The van der Waals surface area contributed by atoms with Gasteiger partial charge in [0.05, 0.1) is 11.6 Å². The van der Waals surface area contributed by atoms with Crippen molar-refractivity contribution in [1.82, 2.24) is 14.8 Å². The van der Waals surface area contributed by atoms with Gasteiger partial charge in [0.1, 0.15) is 6.33 Å². The molecule has 5 heteroatoms. The molecule has 3 nitrogen and oxygen atoms in total. The fourth-order valence-corrected chi connectivity index (χ4v) is 1.86. The Kier molecular flexibility index (Phi) is 2.84. The van der Waals surface area contributed by atoms with E-state index in [1.807, 2.05) is 28.8 Å². The van der Waals surface area contributed by atoms with E-state index < -0.39 is 0 Å². The zero-order chi connectivity index (χ0) is 9.97. The molecule has 0 aliphatic carbocycles. The van der Waals surface area contributed by atoms with Crippen molar-refractivity contribution in [3.8, 4) is 5.69 Å². The molecule has 2 rings (SSSR count). The van der Waals surface area contributed by atoms with Gasteiger partial charge in [-0.05, 0) is 28.1 Å². The fraction of sp³-hybridized carbons (Fsp3) is 0.111. The zero-order valence-corrected chi connectivity index (χ0v) is 9.53. The molecule has 0 radical (unpaired) electrons. The van der Waals surface area contributed by atoms with Crippen LogP contribution in [0.25, 0.3) is 5.69 Å². The molecule has 0 saturated heterocycles. The van der Waals surface area contributed by atoms with Crippen LogP contribution in [0.5, 0.6) is 0 Å². The molecule has 1 aromatic carbocycles. The van der Waals surface area contributed by atoms with Crippen molar-refractivity contribution < 1.29 is 0 Å². The van der Waals surface area contributed by atoms with Crippen LogP contribution in [-0.4, -0.2) is 14.8 Å². The summed E-state index contributed by atoms with van der Waals surface area (Å²) in [6.07, 6.45) is 1.65. The lowest BCUT2D eigenvalue weighted by Crippen LogP contribution is -1.98. The molecule has 0 bridgehead atoms. The minimum atomic E-state index is 0.349. The number of nitrogens with zero attached hydrogens (tertiary/aromatic N) is 3. The number of hydrogen-bond acceptors (Lipinski definition) is 2. The van der Waals surface area contributed by atoms with Gasteiger partial charge in [0.15, 0.2) is 5.82 Å². The van der Waals surface area contributed by atoms with Gasteiger partial charge in [-0.15, -0.1) is 21.8 Å². The highest BCUT2D eigenvalue weighted by Gasteiger charge is 2.06. The summed E-state index contributed by atoms with van der Waals surface area (Å²) in [5, 5.41) is 7.73. The van der Waals surface area contributed by atoms with E-state index in [1.54, 1.807) is 6.33 Å². The molecule has 0 fully saturated rings. The second-order valence-corrected chi connectivity index (χ2v) is 3.82. The third-order valence-corrected chi connectivity index (χ3v) is 2.76. The van der Waals surface area contributed by atoms with Gasteiger partial charge in [-0.2, -0.15) is 0 Å². The van der Waals surface area contributed by atoms with Crippen molar-refractivity contribution in [2.24, 2.45) is 0 Å². The number of halogens is 2. The van der Waals surface area contributed by atoms with Gasteiger partial charge < -0.3 is 0 Å². The summed E-state index contributed by atoms with van der Waals surface area (Å²) >= 11 is 9.20. The standard InChI is InChI=1S/C9H7BrClN3/c10-7-3-1-2-4-8(7)14-6-12-13-9(14)5-11/h1-4,6H,5H2. The summed E-state index contributed by atoms with van der Waals surface area (Å²) < 4.78 is 2.85. The van der Waals surface area contributed by atoms with Crippen LogP contribution in [0.4, 0.5) is 0 Å². The first kappa shape index (κ1) is 9.68. The van der Waals surface area contributed by atoms with Crippen LogP contribution in [0, 0.1) is 0 Å². The first-order valence-corrected chi connectivity index (χ1v) is 5.35. The monoisotopic (exact) mass is 271 g/mol. The molecule has 0 amide bonds. The molecule has 0 aliphatic heterocycles. The smallest absolute Gasteiger partial charge is 0.152 e. The highest BCUT2D eigenvalue weighted by Crippen LogP contribution is 2.21. The first-order valence-electron chi connectivity index (χ1n) is 4.02. The summed E-state index contributed by atoms with van der Waals surface area (Å²) in [5.41, 5.74) is 0.994. The molecular weight excluding hydrogens is 265 g/mol. The predicted molar refractivity (Wildman–Crippen MR) is 58.6 cm³/mol. The van der Waals surface area contributed by atoms with E-state index in [9.17, 15) is 0 Å². The van der Waals surface area contributed by atoms with E-state index in [4.69, 9.17) is 11.6 Å². The Morgan fingerprint density at radius 1 is 1.36 bits per heavy atom. The topological polar surface area (TPSA) is 30.7 Å². The molecule has 0 N–H and O–H groups in total. The lowest BCUT2D eigenvalue weighted by molar-refractivity contribution is 0.947. The van der Waals surface area contributed by atoms with Crippen LogP contribution in [0.1, 0.15) is 5.82 Å². The Labute approximate surface area is 94.9 Å². The maximum Gasteiger partial charge on any atom is 0.152 e. The van der Waals surface area contributed by atoms with E-state index in [2.05, 4.69) is 26.1 Å². The van der Waals surface area contributed by atoms with Crippen LogP contribution < -0.4 is 0 Å². The maximum absolute atomic E-state index is 5.74. The van der Waals surface area contributed by atoms with Crippen molar-refractivity contribution >= 4 is 27.5 Å². The SMILES string of the molecule is ClCc1nncn1-c1ccccc1Br. The Morgan fingerprint density at radius 2 is 2.14 bits per heavy atom. The van der Waals surface area contributed by atoms with Crippen molar-refractivity contribution in [3.63, 3.8) is 0 Å². The highest BCUT2D eigenvalue weighted by atomic mass is 79.9. The van der Waals surface area contributed by atoms with E-state index in [-0.39, 0.29) is 0 Å². The Morgan fingerprint density at radius 3 is 2.86 bits per heavy atom. The number of hydrogen-bond donors (Lipinski definition) is 0. The van der Waals surface area contributed by atoms with E-state index in [1.165, 1.54) is 0 Å². The third-order valence-electron chi connectivity index (χ3n) is 1.85. The molecule has 0 aliphatic rings. The summed E-state index contributed by atoms with van der Waals surface area (Å²) in [6.45, 7) is 0. The number of rotatable bonds is 2. The zero-order valence-electron chi connectivity index (χ0n) is 7.19. The van der Waals surface area contributed by atoms with E-state index in [0.717, 1.165) is 16.0 Å². The van der Waals surface area contributed by atoms with Gasteiger partial charge in [-0.25, -0.2) is 0 Å². The van der Waals surface area contributed by atoms with Gasteiger partial charge in [0.2, 0.25) is 0 Å². The number of aromatic nitrogens is 3. The Bertz CT molecular complexity index is 441. The molecule has 1 heterocycles. The molecule has 14 heavy (non-hydrogen) atoms. The number of alkyl halides is 1. The third kappa shape index (κ3) is 1.67. The Hall–Kier alpha value is -0.870. The largest absolute Gasteiger partial charge is 0.283 e. The summed E-state index contributed by atoms with van der Waals surface area (Å²) in [4.78, 5) is 0. The first-order chi connectivity index (χ1) is 6.83. The van der Waals surface area contributed by atoms with Gasteiger partial charge in [-0.3, -0.25) is 4.57 Å². The predicted octanol–water partition coefficient (Wildman–Crippen LogP) is 2.77. The molecule has 0 saturated carbocycles. The van der Waals surface area contributed by atoms with Crippen molar-refractivity contribution in [2.45, 2.75) is 5.88 Å². The van der Waals surface area contributed by atoms with Crippen molar-refractivity contribution in [3.05, 3.63) is 40.9 Å². The summed E-state index contributed by atoms with van der Waals surface area (Å²) in [6, 6.07) is 7.85. The molecular formula is C9H7BrClN3. The average Bonchev–Trinajstić information content (AvgIpc) is 2.66. The lowest BCUT2D eigenvalue weighted by Gasteiger charge is -2.06. The minimum absolute atomic E-state index is 0.349. The average molecular weight is 273 g/mol. The van der Waals surface area contributed by atoms with Gasteiger partial charge in [0.25, 0.3) is 0 Å². The van der Waals surface area contributed by atoms with Crippen LogP contribution in [0.2, 0.25) is 0 Å². The van der Waals surface area contributed by atoms with Crippen molar-refractivity contribution in [1.29, 1.82) is 0 Å². The van der Waals surface area contributed by atoms with Crippen LogP contribution in [-0.2, 0) is 5.88 Å². The molecule has 0 spiro atoms. The quantitative estimate of drug-likeness (QED) is 0.787. The van der Waals surface area contributed by atoms with Crippen LogP contribution in [0.3, 0.4) is 0 Å². The summed E-state index contributed by atoms with van der Waals surface area (Å²) in [7, 11) is 0.